The first-order chi connectivity index (χ1) is 10.5. The van der Waals surface area contributed by atoms with Crippen LogP contribution in [0, 0.1) is 10.1 Å². The Morgan fingerprint density at radius 2 is 2.09 bits per heavy atom. The van der Waals surface area contributed by atoms with Gasteiger partial charge in [-0.05, 0) is 39.2 Å². The first-order valence-electron chi connectivity index (χ1n) is 7.60. The molecule has 0 radical (unpaired) electrons. The number of benzene rings is 1. The van der Waals surface area contributed by atoms with Gasteiger partial charge in [-0.15, -0.1) is 0 Å². The minimum absolute atomic E-state index is 0.00870. The largest absolute Gasteiger partial charge is 0.388 e. The maximum absolute atomic E-state index is 12.8. The zero-order chi connectivity index (χ0) is 15.9. The van der Waals surface area contributed by atoms with Crippen LogP contribution in [0.2, 0.25) is 0 Å². The van der Waals surface area contributed by atoms with E-state index in [1.807, 2.05) is 13.8 Å². The number of hydrogen-bond acceptors (Lipinski definition) is 4. The van der Waals surface area contributed by atoms with Crippen molar-refractivity contribution in [3.8, 4) is 0 Å². The molecule has 0 saturated carbocycles. The molecule has 22 heavy (non-hydrogen) atoms. The summed E-state index contributed by atoms with van der Waals surface area (Å²) in [6.45, 7) is 4.74. The van der Waals surface area contributed by atoms with E-state index in [9.17, 15) is 14.9 Å². The summed E-state index contributed by atoms with van der Waals surface area (Å²) in [4.78, 5) is 25.2. The number of fused-ring (bicyclic) bond motifs is 1. The van der Waals surface area contributed by atoms with E-state index in [4.69, 9.17) is 0 Å². The number of nitro groups is 1. The number of carbonyl (C=O) groups is 1. The number of carbonyl (C=O) groups excluding carboxylic acids is 1. The van der Waals surface area contributed by atoms with E-state index in [-0.39, 0.29) is 17.6 Å². The molecule has 1 aromatic rings. The Morgan fingerprint density at radius 1 is 1.32 bits per heavy atom. The van der Waals surface area contributed by atoms with Gasteiger partial charge in [0.25, 0.3) is 11.6 Å². The first kappa shape index (κ1) is 14.6. The van der Waals surface area contributed by atoms with Crippen molar-refractivity contribution in [2.24, 2.45) is 0 Å². The molecule has 2 heterocycles. The minimum atomic E-state index is -0.417. The van der Waals surface area contributed by atoms with Crippen molar-refractivity contribution in [1.29, 1.82) is 0 Å². The number of hydrogen-bond donors (Lipinski definition) is 1. The van der Waals surface area contributed by atoms with E-state index in [1.54, 1.807) is 11.0 Å². The fourth-order valence-electron chi connectivity index (χ4n) is 3.17. The fourth-order valence-corrected chi connectivity index (χ4v) is 3.17. The Hall–Kier alpha value is -2.37. The molecule has 6 nitrogen and oxygen atoms in total. The van der Waals surface area contributed by atoms with Crippen molar-refractivity contribution in [3.63, 3.8) is 0 Å². The monoisotopic (exact) mass is 301 g/mol. The second-order valence-corrected chi connectivity index (χ2v) is 5.96. The normalized spacial score (nSPS) is 21.0. The standard InChI is InChI=1S/C16H19N3O3/c1-10(2)18-14-7-6-11(19(21)22)9-12(14)15(16(18)20)13-5-3-4-8-17-13/h6-7,9-10,17H,3-5,8H2,1-2H3/b15-13-. The third-order valence-corrected chi connectivity index (χ3v) is 4.16. The molecular weight excluding hydrogens is 282 g/mol. The van der Waals surface area contributed by atoms with Gasteiger partial charge in [0.05, 0.1) is 16.2 Å². The van der Waals surface area contributed by atoms with E-state index in [1.165, 1.54) is 12.1 Å². The fraction of sp³-hybridized carbons (Fsp3) is 0.438. The zero-order valence-electron chi connectivity index (χ0n) is 12.8. The Morgan fingerprint density at radius 3 is 2.68 bits per heavy atom. The Labute approximate surface area is 129 Å². The Balaban J connectivity index is 2.19. The number of rotatable bonds is 2. The van der Waals surface area contributed by atoms with Gasteiger partial charge in [-0.1, -0.05) is 0 Å². The summed E-state index contributed by atoms with van der Waals surface area (Å²) in [5.74, 6) is -0.0603. The number of amides is 1. The van der Waals surface area contributed by atoms with Crippen LogP contribution >= 0.6 is 0 Å². The molecular formula is C16H19N3O3. The predicted molar refractivity (Wildman–Crippen MR) is 84.5 cm³/mol. The third kappa shape index (κ3) is 2.24. The molecule has 1 saturated heterocycles. The van der Waals surface area contributed by atoms with Gasteiger partial charge in [0.2, 0.25) is 0 Å². The molecule has 0 bridgehead atoms. The summed E-state index contributed by atoms with van der Waals surface area (Å²) in [7, 11) is 0. The van der Waals surface area contributed by atoms with Crippen LogP contribution in [0.4, 0.5) is 11.4 Å². The molecule has 1 aromatic carbocycles. The smallest absolute Gasteiger partial charge is 0.270 e. The van der Waals surface area contributed by atoms with Gasteiger partial charge in [0.15, 0.2) is 0 Å². The summed E-state index contributed by atoms with van der Waals surface area (Å²) in [6.07, 6.45) is 2.93. The second kappa shape index (κ2) is 5.44. The van der Waals surface area contributed by atoms with Crippen LogP contribution < -0.4 is 10.2 Å². The van der Waals surface area contributed by atoms with E-state index >= 15 is 0 Å². The molecule has 0 atom stereocenters. The number of non-ortho nitro benzene ring substituents is 1. The van der Waals surface area contributed by atoms with Crippen molar-refractivity contribution >= 4 is 22.9 Å². The van der Waals surface area contributed by atoms with Gasteiger partial charge >= 0.3 is 0 Å². The average molecular weight is 301 g/mol. The topological polar surface area (TPSA) is 75.5 Å². The molecule has 1 fully saturated rings. The minimum Gasteiger partial charge on any atom is -0.388 e. The highest BCUT2D eigenvalue weighted by molar-refractivity contribution is 6.33. The van der Waals surface area contributed by atoms with Crippen molar-refractivity contribution in [2.75, 3.05) is 11.4 Å². The Bertz CT molecular complexity index is 671. The van der Waals surface area contributed by atoms with E-state index in [0.29, 0.717) is 11.1 Å². The molecule has 6 heteroatoms. The van der Waals surface area contributed by atoms with Crippen LogP contribution in [0.25, 0.3) is 5.57 Å². The summed E-state index contributed by atoms with van der Waals surface area (Å²) in [5.41, 5.74) is 2.98. The summed E-state index contributed by atoms with van der Waals surface area (Å²) in [5, 5.41) is 14.4. The number of piperidine rings is 1. The maximum Gasteiger partial charge on any atom is 0.270 e. The third-order valence-electron chi connectivity index (χ3n) is 4.16. The molecule has 2 aliphatic heterocycles. The Kier molecular flexibility index (Phi) is 3.60. The molecule has 0 aliphatic carbocycles. The molecule has 116 valence electrons. The number of anilines is 1. The van der Waals surface area contributed by atoms with Crippen LogP contribution in [-0.4, -0.2) is 23.4 Å². The maximum atomic E-state index is 12.8. The molecule has 0 spiro atoms. The first-order valence-corrected chi connectivity index (χ1v) is 7.60. The molecule has 0 aromatic heterocycles. The summed E-state index contributed by atoms with van der Waals surface area (Å²) >= 11 is 0. The highest BCUT2D eigenvalue weighted by atomic mass is 16.6. The van der Waals surface area contributed by atoms with Crippen molar-refractivity contribution in [3.05, 3.63) is 39.6 Å². The average Bonchev–Trinajstić information content (AvgIpc) is 2.79. The number of nitrogens with zero attached hydrogens (tertiary/aromatic N) is 2. The van der Waals surface area contributed by atoms with Crippen LogP contribution in [0.1, 0.15) is 38.7 Å². The van der Waals surface area contributed by atoms with Crippen LogP contribution in [0.15, 0.2) is 23.9 Å². The van der Waals surface area contributed by atoms with E-state index < -0.39 is 4.92 Å². The lowest BCUT2D eigenvalue weighted by Crippen LogP contribution is -2.34. The van der Waals surface area contributed by atoms with Crippen molar-refractivity contribution in [2.45, 2.75) is 39.2 Å². The highest BCUT2D eigenvalue weighted by Gasteiger charge is 2.37. The second-order valence-electron chi connectivity index (χ2n) is 5.96. The molecule has 3 rings (SSSR count). The molecule has 1 amide bonds. The van der Waals surface area contributed by atoms with Crippen molar-refractivity contribution in [1.82, 2.24) is 5.32 Å². The van der Waals surface area contributed by atoms with Gasteiger partial charge in [-0.25, -0.2) is 0 Å². The lowest BCUT2D eigenvalue weighted by atomic mass is 9.99. The van der Waals surface area contributed by atoms with Gasteiger partial charge < -0.3 is 10.2 Å². The molecule has 1 N–H and O–H groups in total. The van der Waals surface area contributed by atoms with Crippen LogP contribution in [-0.2, 0) is 4.79 Å². The van der Waals surface area contributed by atoms with Gasteiger partial charge in [-0.2, -0.15) is 0 Å². The predicted octanol–water partition coefficient (Wildman–Crippen LogP) is 2.83. The summed E-state index contributed by atoms with van der Waals surface area (Å²) < 4.78 is 0. The van der Waals surface area contributed by atoms with Gasteiger partial charge in [-0.3, -0.25) is 14.9 Å². The lowest BCUT2D eigenvalue weighted by Gasteiger charge is -2.22. The van der Waals surface area contributed by atoms with Gasteiger partial charge in [0, 0.05) is 36.0 Å². The quantitative estimate of drug-likeness (QED) is 0.518. The molecule has 0 unspecified atom stereocenters. The zero-order valence-corrected chi connectivity index (χ0v) is 12.8. The van der Waals surface area contributed by atoms with Crippen LogP contribution in [0.3, 0.4) is 0 Å². The number of allylic oxidation sites excluding steroid dienone is 1. The van der Waals surface area contributed by atoms with E-state index in [2.05, 4.69) is 5.32 Å². The van der Waals surface area contributed by atoms with Crippen LogP contribution in [0.5, 0.6) is 0 Å². The SMILES string of the molecule is CC(C)N1C(=O)/C(=C2/CCCCN2)c2cc([N+](=O)[O-])ccc21. The van der Waals surface area contributed by atoms with E-state index in [0.717, 1.165) is 37.2 Å². The van der Waals surface area contributed by atoms with Crippen molar-refractivity contribution < 1.29 is 9.72 Å². The van der Waals surface area contributed by atoms with Gasteiger partial charge in [0.1, 0.15) is 0 Å². The molecule has 2 aliphatic rings. The summed E-state index contributed by atoms with van der Waals surface area (Å²) in [6, 6.07) is 4.67. The lowest BCUT2D eigenvalue weighted by molar-refractivity contribution is -0.384. The highest BCUT2D eigenvalue weighted by Crippen LogP contribution is 2.42. The number of nitro benzene ring substituents is 1. The number of nitrogens with one attached hydrogen (secondary N) is 1.